The molecular weight excluding hydrogens is 424 g/mol. The van der Waals surface area contributed by atoms with Crippen LogP contribution in [0.25, 0.3) is 11.0 Å². The number of halogens is 1. The van der Waals surface area contributed by atoms with Gasteiger partial charge in [-0.15, -0.1) is 0 Å². The number of aromatic amines is 1. The van der Waals surface area contributed by atoms with E-state index in [0.717, 1.165) is 39.0 Å². The number of ketones is 1. The van der Waals surface area contributed by atoms with Crippen molar-refractivity contribution in [1.29, 1.82) is 0 Å². The van der Waals surface area contributed by atoms with Crippen LogP contribution < -0.4 is 5.32 Å². The second-order valence-electron chi connectivity index (χ2n) is 7.60. The Balaban J connectivity index is 1.54. The normalized spacial score (nSPS) is 24.0. The minimum Gasteiger partial charge on any atom is -0.465 e. The van der Waals surface area contributed by atoms with Crippen molar-refractivity contribution < 1.29 is 14.7 Å². The quantitative estimate of drug-likeness (QED) is 0.564. The number of carbonyl (C=O) groups excluding carboxylic acids is 1. The summed E-state index contributed by atoms with van der Waals surface area (Å²) in [6.07, 6.45) is 2.70. The highest BCUT2D eigenvalue weighted by Crippen LogP contribution is 2.40. The number of imidazole rings is 1. The molecule has 1 aromatic carbocycles. The van der Waals surface area contributed by atoms with Crippen LogP contribution in [0.15, 0.2) is 34.9 Å². The summed E-state index contributed by atoms with van der Waals surface area (Å²) < 4.78 is 3.09. The molecule has 1 unspecified atom stereocenters. The van der Waals surface area contributed by atoms with Gasteiger partial charge in [-0.3, -0.25) is 4.79 Å². The van der Waals surface area contributed by atoms with Crippen LogP contribution in [0, 0.1) is 0 Å². The predicted octanol–water partition coefficient (Wildman–Crippen LogP) is 3.55. The average Bonchev–Trinajstić information content (AvgIpc) is 3.20. The fraction of sp³-hybridized carbons (Fsp3) is 0.350. The Bertz CT molecular complexity index is 1100. The highest BCUT2D eigenvalue weighted by molar-refractivity contribution is 9.10. The van der Waals surface area contributed by atoms with Crippen molar-refractivity contribution in [2.24, 2.45) is 0 Å². The van der Waals surface area contributed by atoms with E-state index in [0.29, 0.717) is 19.4 Å². The predicted molar refractivity (Wildman–Crippen MR) is 107 cm³/mol. The van der Waals surface area contributed by atoms with E-state index in [4.69, 9.17) is 4.98 Å². The van der Waals surface area contributed by atoms with Gasteiger partial charge in [0.2, 0.25) is 0 Å². The molecule has 1 aliphatic heterocycles. The molecule has 3 N–H and O–H groups in total. The molecule has 0 saturated carbocycles. The zero-order chi connectivity index (χ0) is 19.4. The van der Waals surface area contributed by atoms with Gasteiger partial charge in [0.15, 0.2) is 0 Å². The van der Waals surface area contributed by atoms with Crippen molar-refractivity contribution in [3.63, 3.8) is 0 Å². The van der Waals surface area contributed by atoms with Crippen molar-refractivity contribution >= 4 is 38.8 Å². The number of nitrogens with one attached hydrogen (secondary N) is 2. The lowest BCUT2D eigenvalue weighted by Crippen LogP contribution is -2.44. The second-order valence-corrected chi connectivity index (χ2v) is 8.52. The number of aromatic nitrogens is 3. The molecule has 0 spiro atoms. The van der Waals surface area contributed by atoms with Crippen molar-refractivity contribution in [2.45, 2.75) is 43.7 Å². The summed E-state index contributed by atoms with van der Waals surface area (Å²) in [6, 6.07) is 7.55. The van der Waals surface area contributed by atoms with E-state index in [2.05, 4.69) is 36.9 Å². The molecule has 3 aromatic rings. The molecule has 3 heterocycles. The molecule has 5 rings (SSSR count). The standard InChI is InChI=1S/C20H19BrN4O3/c21-12-2-4-13-15(8-12)23-19(22-13)11-7-16(26)17-14(24-20(27)28)3-1-10-5-6-25(9-11)18(10)17/h2,4-6,8,11,14,17,24H,1,3,7,9H2,(H,22,23)(H,27,28)/t11-,14-,17?/m0/s1. The Morgan fingerprint density at radius 1 is 1.36 bits per heavy atom. The Hall–Kier alpha value is -2.61. The number of rotatable bonds is 2. The summed E-state index contributed by atoms with van der Waals surface area (Å²) in [5.41, 5.74) is 3.92. The lowest BCUT2D eigenvalue weighted by atomic mass is 9.79. The van der Waals surface area contributed by atoms with Gasteiger partial charge in [0.25, 0.3) is 0 Å². The van der Waals surface area contributed by atoms with Crippen LogP contribution in [-0.4, -0.2) is 37.6 Å². The van der Waals surface area contributed by atoms with Crippen molar-refractivity contribution in [3.8, 4) is 0 Å². The van der Waals surface area contributed by atoms with Gasteiger partial charge in [-0.25, -0.2) is 9.78 Å². The molecule has 0 fully saturated rings. The molecule has 7 nitrogen and oxygen atoms in total. The van der Waals surface area contributed by atoms with Crippen LogP contribution in [-0.2, 0) is 17.8 Å². The number of benzene rings is 1. The van der Waals surface area contributed by atoms with Gasteiger partial charge in [-0.05, 0) is 42.7 Å². The van der Waals surface area contributed by atoms with E-state index in [1.165, 1.54) is 0 Å². The third-order valence-corrected chi connectivity index (χ3v) is 6.38. The lowest BCUT2D eigenvalue weighted by Gasteiger charge is -2.31. The molecule has 1 aliphatic carbocycles. The Morgan fingerprint density at radius 3 is 3.04 bits per heavy atom. The SMILES string of the molecule is O=C(O)N[C@H]1CCc2ccn3c2C1C(=O)C[C@H](c1nc2ccc(Br)cc2[nH]1)C3. The number of carboxylic acid groups (broad SMARTS) is 1. The maximum Gasteiger partial charge on any atom is 0.404 e. The van der Waals surface area contributed by atoms with Gasteiger partial charge in [0.05, 0.1) is 17.0 Å². The first-order valence-corrected chi connectivity index (χ1v) is 10.1. The number of aryl methyl sites for hydroxylation is 1. The van der Waals surface area contributed by atoms with Crippen LogP contribution >= 0.6 is 15.9 Å². The third kappa shape index (κ3) is 2.83. The van der Waals surface area contributed by atoms with Gasteiger partial charge in [-0.2, -0.15) is 0 Å². The van der Waals surface area contributed by atoms with Gasteiger partial charge in [-0.1, -0.05) is 15.9 Å². The van der Waals surface area contributed by atoms with E-state index in [9.17, 15) is 14.7 Å². The summed E-state index contributed by atoms with van der Waals surface area (Å²) >= 11 is 3.47. The van der Waals surface area contributed by atoms with E-state index >= 15 is 0 Å². The van der Waals surface area contributed by atoms with Crippen LogP contribution in [0.3, 0.4) is 0 Å². The summed E-state index contributed by atoms with van der Waals surface area (Å²) in [5, 5.41) is 11.8. The molecule has 0 saturated heterocycles. The smallest absolute Gasteiger partial charge is 0.404 e. The summed E-state index contributed by atoms with van der Waals surface area (Å²) in [6.45, 7) is 0.651. The highest BCUT2D eigenvalue weighted by atomic mass is 79.9. The second kappa shape index (κ2) is 6.48. The fourth-order valence-corrected chi connectivity index (χ4v) is 5.05. The largest absolute Gasteiger partial charge is 0.465 e. The zero-order valence-electron chi connectivity index (χ0n) is 15.0. The van der Waals surface area contributed by atoms with Crippen molar-refractivity contribution in [3.05, 3.63) is 52.0 Å². The summed E-state index contributed by atoms with van der Waals surface area (Å²) in [7, 11) is 0. The first-order valence-electron chi connectivity index (χ1n) is 9.35. The number of amides is 1. The minimum absolute atomic E-state index is 0.0730. The third-order valence-electron chi connectivity index (χ3n) is 5.89. The van der Waals surface area contributed by atoms with Gasteiger partial charge < -0.3 is 20.0 Å². The number of carbonyl (C=O) groups is 2. The van der Waals surface area contributed by atoms with E-state index in [1.54, 1.807) is 0 Å². The van der Waals surface area contributed by atoms with E-state index in [1.807, 2.05) is 24.4 Å². The van der Waals surface area contributed by atoms with Crippen LogP contribution in [0.1, 0.15) is 41.8 Å². The molecule has 144 valence electrons. The molecule has 28 heavy (non-hydrogen) atoms. The summed E-state index contributed by atoms with van der Waals surface area (Å²) in [4.78, 5) is 32.6. The average molecular weight is 443 g/mol. The lowest BCUT2D eigenvalue weighted by molar-refractivity contribution is -0.121. The molecule has 2 aliphatic rings. The zero-order valence-corrected chi connectivity index (χ0v) is 16.6. The van der Waals surface area contributed by atoms with Gasteiger partial charge >= 0.3 is 6.09 Å². The van der Waals surface area contributed by atoms with Crippen LogP contribution in [0.4, 0.5) is 4.79 Å². The topological polar surface area (TPSA) is 100 Å². The molecule has 2 aromatic heterocycles. The fourth-order valence-electron chi connectivity index (χ4n) is 4.69. The molecule has 3 atom stereocenters. The minimum atomic E-state index is -1.08. The number of nitrogens with zero attached hydrogens (tertiary/aromatic N) is 2. The Morgan fingerprint density at radius 2 is 2.21 bits per heavy atom. The number of hydrogen-bond acceptors (Lipinski definition) is 3. The number of Topliss-reactive ketones (excluding diaryl/α,β-unsaturated/α-hetero) is 1. The highest BCUT2D eigenvalue weighted by Gasteiger charge is 2.41. The number of hydrogen-bond donors (Lipinski definition) is 3. The first kappa shape index (κ1) is 17.5. The molecule has 1 amide bonds. The molecule has 8 heteroatoms. The van der Waals surface area contributed by atoms with Crippen molar-refractivity contribution in [2.75, 3.05) is 0 Å². The van der Waals surface area contributed by atoms with Crippen LogP contribution in [0.2, 0.25) is 0 Å². The first-order chi connectivity index (χ1) is 13.5. The van der Waals surface area contributed by atoms with Gasteiger partial charge in [0.1, 0.15) is 11.6 Å². The van der Waals surface area contributed by atoms with Crippen molar-refractivity contribution in [1.82, 2.24) is 19.9 Å². The molecular formula is C20H19BrN4O3. The Labute approximate surface area is 169 Å². The van der Waals surface area contributed by atoms with E-state index in [-0.39, 0.29) is 17.7 Å². The van der Waals surface area contributed by atoms with Crippen LogP contribution in [0.5, 0.6) is 0 Å². The monoisotopic (exact) mass is 442 g/mol. The molecule has 0 bridgehead atoms. The maximum absolute atomic E-state index is 13.2. The van der Waals surface area contributed by atoms with Gasteiger partial charge in [0, 0.05) is 41.3 Å². The maximum atomic E-state index is 13.2. The number of fused-ring (bicyclic) bond motifs is 1. The van der Waals surface area contributed by atoms with E-state index < -0.39 is 12.0 Å². The summed E-state index contributed by atoms with van der Waals surface area (Å²) in [5.74, 6) is 0.360. The Kier molecular flexibility index (Phi) is 4.04. The number of H-pyrrole nitrogens is 1. The molecule has 0 radical (unpaired) electrons.